The highest BCUT2D eigenvalue weighted by Gasteiger charge is 2.37. The monoisotopic (exact) mass is 389 g/mol. The van der Waals surface area contributed by atoms with Crippen LogP contribution >= 0.6 is 11.8 Å². The summed E-state index contributed by atoms with van der Waals surface area (Å²) in [5.41, 5.74) is 0.657. The van der Waals surface area contributed by atoms with Gasteiger partial charge in [0.05, 0.1) is 12.2 Å². The van der Waals surface area contributed by atoms with E-state index in [1.54, 1.807) is 15.9 Å². The van der Waals surface area contributed by atoms with Gasteiger partial charge in [-0.1, -0.05) is 23.9 Å². The number of thioether (sulfide) groups is 1. The van der Waals surface area contributed by atoms with Crippen LogP contribution in [0.2, 0.25) is 0 Å². The Morgan fingerprint density at radius 3 is 2.63 bits per heavy atom. The lowest BCUT2D eigenvalue weighted by Crippen LogP contribution is -2.54. The molecule has 0 unspecified atom stereocenters. The lowest BCUT2D eigenvalue weighted by atomic mass is 10.1. The Balaban J connectivity index is 1.53. The van der Waals surface area contributed by atoms with Crippen molar-refractivity contribution < 1.29 is 19.1 Å². The summed E-state index contributed by atoms with van der Waals surface area (Å²) in [6.45, 7) is 2.28. The number of benzene rings is 1. The first kappa shape index (κ1) is 18.2. The molecular weight excluding hydrogens is 366 g/mol. The third kappa shape index (κ3) is 3.76. The van der Waals surface area contributed by atoms with Crippen LogP contribution in [0.3, 0.4) is 0 Å². The lowest BCUT2D eigenvalue weighted by molar-refractivity contribution is -0.139. The summed E-state index contributed by atoms with van der Waals surface area (Å²) < 4.78 is 5.95. The van der Waals surface area contributed by atoms with Gasteiger partial charge < -0.3 is 19.4 Å². The normalized spacial score (nSPS) is 22.4. The predicted octanol–water partition coefficient (Wildman–Crippen LogP) is 1.96. The number of fused-ring (bicyclic) bond motifs is 1. The molecule has 0 saturated carbocycles. The summed E-state index contributed by atoms with van der Waals surface area (Å²) in [5, 5.41) is -0.0640. The number of rotatable bonds is 3. The molecule has 0 radical (unpaired) electrons. The topological polar surface area (TPSA) is 70.2 Å². The average Bonchev–Trinajstić information content (AvgIpc) is 3.11. The van der Waals surface area contributed by atoms with Gasteiger partial charge in [0.1, 0.15) is 12.3 Å². The first-order chi connectivity index (χ1) is 13.1. The molecule has 8 heteroatoms. The van der Waals surface area contributed by atoms with Gasteiger partial charge in [-0.25, -0.2) is 0 Å². The lowest BCUT2D eigenvalue weighted by Gasteiger charge is -2.37. The Hall–Kier alpha value is -2.22. The van der Waals surface area contributed by atoms with E-state index in [0.29, 0.717) is 23.7 Å². The second kappa shape index (κ2) is 7.80. The number of amides is 3. The zero-order valence-electron chi connectivity index (χ0n) is 15.1. The van der Waals surface area contributed by atoms with Crippen molar-refractivity contribution in [2.45, 2.75) is 25.4 Å². The number of hydrogen-bond acceptors (Lipinski definition) is 5. The third-order valence-electron chi connectivity index (χ3n) is 5.19. The van der Waals surface area contributed by atoms with Gasteiger partial charge in [-0.05, 0) is 31.4 Å². The van der Waals surface area contributed by atoms with Crippen molar-refractivity contribution in [3.63, 3.8) is 0 Å². The minimum atomic E-state index is -0.703. The molecule has 0 bridgehead atoms. The van der Waals surface area contributed by atoms with Crippen LogP contribution < -0.4 is 9.64 Å². The first-order valence-corrected chi connectivity index (χ1v) is 10.4. The number of ether oxygens (including phenoxy) is 1. The SMILES string of the molecule is O=C1SCCN1CC(=O)N1C[C@@H](C(=O)N2CCCCC2)Oc2ccccc21. The molecule has 0 spiro atoms. The molecule has 144 valence electrons. The minimum absolute atomic E-state index is 0.0325. The highest BCUT2D eigenvalue weighted by atomic mass is 32.2. The molecule has 7 nitrogen and oxygen atoms in total. The number of para-hydroxylation sites is 2. The molecule has 0 aliphatic carbocycles. The Morgan fingerprint density at radius 2 is 1.89 bits per heavy atom. The summed E-state index contributed by atoms with van der Waals surface area (Å²) in [7, 11) is 0. The smallest absolute Gasteiger partial charge is 0.282 e. The molecule has 3 heterocycles. The number of hydrogen-bond donors (Lipinski definition) is 0. The Kier molecular flexibility index (Phi) is 5.24. The molecule has 0 aromatic heterocycles. The maximum absolute atomic E-state index is 12.9. The average molecular weight is 389 g/mol. The molecule has 4 rings (SSSR count). The molecule has 2 saturated heterocycles. The maximum Gasteiger partial charge on any atom is 0.282 e. The summed E-state index contributed by atoms with van der Waals surface area (Å²) in [6, 6.07) is 7.26. The van der Waals surface area contributed by atoms with Crippen LogP contribution in [0.1, 0.15) is 19.3 Å². The Labute approximate surface area is 162 Å². The summed E-state index contributed by atoms with van der Waals surface area (Å²) >= 11 is 1.23. The van der Waals surface area contributed by atoms with E-state index in [1.165, 1.54) is 11.8 Å². The van der Waals surface area contributed by atoms with Gasteiger partial charge in [0.25, 0.3) is 11.1 Å². The van der Waals surface area contributed by atoms with Crippen molar-refractivity contribution in [2.75, 3.05) is 43.4 Å². The van der Waals surface area contributed by atoms with Crippen LogP contribution in [0.25, 0.3) is 0 Å². The van der Waals surface area contributed by atoms with Crippen LogP contribution in [-0.4, -0.2) is 71.4 Å². The summed E-state index contributed by atoms with van der Waals surface area (Å²) in [4.78, 5) is 42.7. The van der Waals surface area contributed by atoms with Crippen LogP contribution in [0, 0.1) is 0 Å². The highest BCUT2D eigenvalue weighted by molar-refractivity contribution is 8.13. The quantitative estimate of drug-likeness (QED) is 0.790. The third-order valence-corrected chi connectivity index (χ3v) is 6.08. The van der Waals surface area contributed by atoms with Gasteiger partial charge in [-0.15, -0.1) is 0 Å². The van der Waals surface area contributed by atoms with Gasteiger partial charge in [-0.2, -0.15) is 0 Å². The standard InChI is InChI=1S/C19H23N3O4S/c23-17(13-21-10-11-27-19(21)25)22-12-16(18(24)20-8-4-1-5-9-20)26-15-7-3-2-6-14(15)22/h2-3,6-7,16H,1,4-5,8-13H2/t16-/m0/s1. The molecule has 3 aliphatic heterocycles. The van der Waals surface area contributed by atoms with E-state index >= 15 is 0 Å². The highest BCUT2D eigenvalue weighted by Crippen LogP contribution is 2.34. The molecule has 0 N–H and O–H groups in total. The van der Waals surface area contributed by atoms with E-state index in [-0.39, 0.29) is 30.1 Å². The molecule has 2 fully saturated rings. The van der Waals surface area contributed by atoms with Gasteiger partial charge in [0, 0.05) is 25.4 Å². The number of carbonyl (C=O) groups excluding carboxylic acids is 3. The van der Waals surface area contributed by atoms with Crippen molar-refractivity contribution in [2.24, 2.45) is 0 Å². The Bertz CT molecular complexity index is 750. The fourth-order valence-electron chi connectivity index (χ4n) is 3.74. The number of likely N-dealkylation sites (tertiary alicyclic amines) is 1. The molecular formula is C19H23N3O4S. The largest absolute Gasteiger partial charge is 0.476 e. The van der Waals surface area contributed by atoms with Crippen LogP contribution in [0.4, 0.5) is 10.5 Å². The van der Waals surface area contributed by atoms with Gasteiger partial charge in [-0.3, -0.25) is 14.4 Å². The second-order valence-electron chi connectivity index (χ2n) is 7.00. The molecule has 1 aromatic rings. The Morgan fingerprint density at radius 1 is 1.11 bits per heavy atom. The molecule has 27 heavy (non-hydrogen) atoms. The first-order valence-electron chi connectivity index (χ1n) is 9.40. The van der Waals surface area contributed by atoms with Crippen molar-refractivity contribution in [3.8, 4) is 5.75 Å². The summed E-state index contributed by atoms with van der Waals surface area (Å²) in [6.07, 6.45) is 2.45. The van der Waals surface area contributed by atoms with E-state index < -0.39 is 6.10 Å². The molecule has 3 amide bonds. The van der Waals surface area contributed by atoms with Gasteiger partial charge >= 0.3 is 0 Å². The minimum Gasteiger partial charge on any atom is -0.476 e. The van der Waals surface area contributed by atoms with E-state index in [0.717, 1.165) is 32.4 Å². The maximum atomic E-state index is 12.9. The van der Waals surface area contributed by atoms with Crippen molar-refractivity contribution in [1.82, 2.24) is 9.80 Å². The number of nitrogens with zero attached hydrogens (tertiary/aromatic N) is 3. The van der Waals surface area contributed by atoms with Crippen LogP contribution in [0.5, 0.6) is 5.75 Å². The fourth-order valence-corrected chi connectivity index (χ4v) is 4.56. The van der Waals surface area contributed by atoms with Crippen molar-refractivity contribution in [1.29, 1.82) is 0 Å². The van der Waals surface area contributed by atoms with Gasteiger partial charge in [0.2, 0.25) is 5.91 Å². The van der Waals surface area contributed by atoms with Crippen LogP contribution in [0.15, 0.2) is 24.3 Å². The summed E-state index contributed by atoms with van der Waals surface area (Å²) in [5.74, 6) is 1.00. The van der Waals surface area contributed by atoms with E-state index in [4.69, 9.17) is 4.74 Å². The van der Waals surface area contributed by atoms with Crippen LogP contribution in [-0.2, 0) is 9.59 Å². The molecule has 3 aliphatic rings. The van der Waals surface area contributed by atoms with Crippen molar-refractivity contribution in [3.05, 3.63) is 24.3 Å². The van der Waals surface area contributed by atoms with Gasteiger partial charge in [0.15, 0.2) is 6.10 Å². The fraction of sp³-hybridized carbons (Fsp3) is 0.526. The van der Waals surface area contributed by atoms with E-state index in [9.17, 15) is 14.4 Å². The zero-order chi connectivity index (χ0) is 18.8. The van der Waals surface area contributed by atoms with Crippen molar-refractivity contribution >= 4 is 34.5 Å². The zero-order valence-corrected chi connectivity index (χ0v) is 16.0. The number of carbonyl (C=O) groups is 3. The number of anilines is 1. The van der Waals surface area contributed by atoms with E-state index in [1.807, 2.05) is 23.1 Å². The van der Waals surface area contributed by atoms with E-state index in [2.05, 4.69) is 0 Å². The molecule has 1 aromatic carbocycles. The molecule has 1 atom stereocenters. The predicted molar refractivity (Wildman–Crippen MR) is 103 cm³/mol. The second-order valence-corrected chi connectivity index (χ2v) is 8.05. The number of piperidine rings is 1.